The first kappa shape index (κ1) is 16.1. The number of hydrogen-bond acceptors (Lipinski definition) is 3. The van der Waals surface area contributed by atoms with Crippen molar-refractivity contribution in [3.63, 3.8) is 0 Å². The molecule has 2 aromatic rings. The summed E-state index contributed by atoms with van der Waals surface area (Å²) in [4.78, 5) is 0. The topological polar surface area (TPSA) is 53.1 Å². The van der Waals surface area contributed by atoms with Crippen LogP contribution in [0.3, 0.4) is 0 Å². The maximum atomic E-state index is 6.31. The summed E-state index contributed by atoms with van der Waals surface area (Å²) < 4.78 is 7.63. The third kappa shape index (κ3) is 3.51. The lowest BCUT2D eigenvalue weighted by Gasteiger charge is -2.14. The van der Waals surface area contributed by atoms with Crippen LogP contribution in [0.4, 0.5) is 0 Å². The molecule has 0 amide bonds. The van der Waals surface area contributed by atoms with Gasteiger partial charge >= 0.3 is 0 Å². The molecule has 21 heavy (non-hydrogen) atoms. The van der Waals surface area contributed by atoms with E-state index < -0.39 is 0 Å². The van der Waals surface area contributed by atoms with Gasteiger partial charge in [-0.3, -0.25) is 4.68 Å². The summed E-state index contributed by atoms with van der Waals surface area (Å²) >= 11 is 12.3. The lowest BCUT2D eigenvalue weighted by molar-refractivity contribution is 0.290. The highest BCUT2D eigenvalue weighted by atomic mass is 35.5. The normalized spacial score (nSPS) is 12.5. The monoisotopic (exact) mass is 327 g/mol. The van der Waals surface area contributed by atoms with E-state index in [9.17, 15) is 0 Å². The van der Waals surface area contributed by atoms with Gasteiger partial charge in [0.05, 0.1) is 16.4 Å². The summed E-state index contributed by atoms with van der Waals surface area (Å²) in [6.07, 6.45) is 0.790. The highest BCUT2D eigenvalue weighted by Crippen LogP contribution is 2.29. The van der Waals surface area contributed by atoms with Crippen LogP contribution in [0.5, 0.6) is 5.75 Å². The molecule has 0 bridgehead atoms. The molecule has 2 rings (SSSR count). The number of ether oxygens (including phenoxy) is 1. The van der Waals surface area contributed by atoms with Gasteiger partial charge in [0.1, 0.15) is 12.4 Å². The fourth-order valence-electron chi connectivity index (χ4n) is 2.13. The van der Waals surface area contributed by atoms with E-state index in [1.54, 1.807) is 10.7 Å². The average molecular weight is 328 g/mol. The molecule has 6 heteroatoms. The second-order valence-electron chi connectivity index (χ2n) is 4.94. The van der Waals surface area contributed by atoms with Gasteiger partial charge < -0.3 is 10.5 Å². The van der Waals surface area contributed by atoms with Gasteiger partial charge in [-0.15, -0.1) is 0 Å². The van der Waals surface area contributed by atoms with Gasteiger partial charge in [-0.05, 0) is 31.5 Å². The van der Waals surface area contributed by atoms with Crippen molar-refractivity contribution in [2.75, 3.05) is 0 Å². The first-order valence-corrected chi connectivity index (χ1v) is 7.57. The Labute approximate surface area is 134 Å². The molecule has 0 fully saturated rings. The smallest absolute Gasteiger partial charge is 0.131 e. The van der Waals surface area contributed by atoms with Crippen molar-refractivity contribution in [2.24, 2.45) is 12.8 Å². The molecular weight excluding hydrogens is 309 g/mol. The predicted octanol–water partition coefficient (Wildman–Crippen LogP) is 3.89. The van der Waals surface area contributed by atoms with E-state index in [-0.39, 0.29) is 6.04 Å². The fraction of sp³-hybridized carbons (Fsp3) is 0.400. The second kappa shape index (κ2) is 6.69. The van der Waals surface area contributed by atoms with Crippen molar-refractivity contribution in [3.8, 4) is 5.75 Å². The minimum Gasteiger partial charge on any atom is -0.487 e. The van der Waals surface area contributed by atoms with Crippen molar-refractivity contribution < 1.29 is 4.74 Å². The van der Waals surface area contributed by atoms with Crippen LogP contribution >= 0.6 is 23.2 Å². The Morgan fingerprint density at radius 2 is 2.10 bits per heavy atom. The standard InChI is InChI=1S/C15H19Cl2N3O/c1-4-12-15(17)13(20(3)19-12)8-21-14-6-5-10(16)7-11(14)9(2)18/h5-7,9H,4,8,18H2,1-3H3. The highest BCUT2D eigenvalue weighted by Gasteiger charge is 2.15. The molecule has 1 unspecified atom stereocenters. The molecule has 1 atom stereocenters. The molecule has 0 aliphatic carbocycles. The summed E-state index contributed by atoms with van der Waals surface area (Å²) in [5.74, 6) is 0.713. The van der Waals surface area contributed by atoms with Gasteiger partial charge in [0.2, 0.25) is 0 Å². The van der Waals surface area contributed by atoms with Crippen molar-refractivity contribution in [3.05, 3.63) is 45.2 Å². The minimum atomic E-state index is -0.160. The van der Waals surface area contributed by atoms with Crippen molar-refractivity contribution >= 4 is 23.2 Å². The quantitative estimate of drug-likeness (QED) is 0.906. The Bertz CT molecular complexity index is 638. The molecule has 0 radical (unpaired) electrons. The van der Waals surface area contributed by atoms with Crippen LogP contribution in [0.1, 0.15) is 36.8 Å². The second-order valence-corrected chi connectivity index (χ2v) is 5.76. The molecule has 2 N–H and O–H groups in total. The zero-order valence-corrected chi connectivity index (χ0v) is 13.9. The van der Waals surface area contributed by atoms with Crippen molar-refractivity contribution in [2.45, 2.75) is 32.9 Å². The molecule has 0 aliphatic heterocycles. The van der Waals surface area contributed by atoms with Crippen LogP contribution in [-0.4, -0.2) is 9.78 Å². The number of rotatable bonds is 5. The number of nitrogens with two attached hydrogens (primary N) is 1. The predicted molar refractivity (Wildman–Crippen MR) is 86.0 cm³/mol. The lowest BCUT2D eigenvalue weighted by atomic mass is 10.1. The Morgan fingerprint density at radius 1 is 1.38 bits per heavy atom. The van der Waals surface area contributed by atoms with E-state index in [1.807, 2.05) is 33.0 Å². The summed E-state index contributed by atoms with van der Waals surface area (Å²) in [5.41, 5.74) is 8.55. The van der Waals surface area contributed by atoms with E-state index in [1.165, 1.54) is 0 Å². The van der Waals surface area contributed by atoms with Gasteiger partial charge in [-0.2, -0.15) is 5.10 Å². The number of nitrogens with zero attached hydrogens (tertiary/aromatic N) is 2. The number of aromatic nitrogens is 2. The third-order valence-electron chi connectivity index (χ3n) is 3.33. The molecule has 0 saturated carbocycles. The maximum absolute atomic E-state index is 6.31. The van der Waals surface area contributed by atoms with Gasteiger partial charge in [0.15, 0.2) is 0 Å². The maximum Gasteiger partial charge on any atom is 0.131 e. The third-order valence-corrected chi connectivity index (χ3v) is 4.00. The molecule has 0 spiro atoms. The molecule has 1 heterocycles. The molecular formula is C15H19Cl2N3O. The largest absolute Gasteiger partial charge is 0.487 e. The minimum absolute atomic E-state index is 0.160. The molecule has 1 aromatic carbocycles. The van der Waals surface area contributed by atoms with Gasteiger partial charge in [-0.1, -0.05) is 30.1 Å². The van der Waals surface area contributed by atoms with Crippen LogP contribution in [0.25, 0.3) is 0 Å². The molecule has 0 aliphatic rings. The summed E-state index contributed by atoms with van der Waals surface area (Å²) in [7, 11) is 1.86. The molecule has 114 valence electrons. The van der Waals surface area contributed by atoms with Gasteiger partial charge in [0.25, 0.3) is 0 Å². The lowest BCUT2D eigenvalue weighted by Crippen LogP contribution is -2.09. The molecule has 4 nitrogen and oxygen atoms in total. The highest BCUT2D eigenvalue weighted by molar-refractivity contribution is 6.32. The Hall–Kier alpha value is -1.23. The summed E-state index contributed by atoms with van der Waals surface area (Å²) in [5, 5.41) is 5.68. The van der Waals surface area contributed by atoms with Crippen molar-refractivity contribution in [1.29, 1.82) is 0 Å². The zero-order chi connectivity index (χ0) is 15.6. The Morgan fingerprint density at radius 3 is 2.67 bits per heavy atom. The fourth-order valence-corrected chi connectivity index (χ4v) is 2.66. The van der Waals surface area contributed by atoms with Crippen LogP contribution in [0, 0.1) is 0 Å². The van der Waals surface area contributed by atoms with Crippen LogP contribution < -0.4 is 10.5 Å². The van der Waals surface area contributed by atoms with Crippen LogP contribution in [0.2, 0.25) is 10.0 Å². The summed E-state index contributed by atoms with van der Waals surface area (Å²) in [6.45, 7) is 4.25. The number of benzene rings is 1. The number of halogens is 2. The summed E-state index contributed by atoms with van der Waals surface area (Å²) in [6, 6.07) is 5.27. The number of aryl methyl sites for hydroxylation is 2. The van der Waals surface area contributed by atoms with E-state index in [0.717, 1.165) is 23.4 Å². The van der Waals surface area contributed by atoms with Gasteiger partial charge in [0, 0.05) is 23.7 Å². The van der Waals surface area contributed by atoms with E-state index in [4.69, 9.17) is 33.7 Å². The Kier molecular flexibility index (Phi) is 5.14. The SMILES string of the molecule is CCc1nn(C)c(COc2ccc(Cl)cc2C(C)N)c1Cl. The average Bonchev–Trinajstić information content (AvgIpc) is 2.72. The Balaban J connectivity index is 2.23. The molecule has 1 aromatic heterocycles. The van der Waals surface area contributed by atoms with E-state index in [0.29, 0.717) is 22.4 Å². The van der Waals surface area contributed by atoms with Gasteiger partial charge in [-0.25, -0.2) is 0 Å². The number of hydrogen-bond donors (Lipinski definition) is 1. The van der Waals surface area contributed by atoms with Crippen molar-refractivity contribution in [1.82, 2.24) is 9.78 Å². The van der Waals surface area contributed by atoms with Crippen LogP contribution in [0.15, 0.2) is 18.2 Å². The first-order valence-electron chi connectivity index (χ1n) is 6.82. The zero-order valence-electron chi connectivity index (χ0n) is 12.4. The molecule has 0 saturated heterocycles. The first-order chi connectivity index (χ1) is 9.93. The van der Waals surface area contributed by atoms with Crippen LogP contribution in [-0.2, 0) is 20.1 Å². The van der Waals surface area contributed by atoms with E-state index >= 15 is 0 Å². The van der Waals surface area contributed by atoms with E-state index in [2.05, 4.69) is 5.10 Å².